The summed E-state index contributed by atoms with van der Waals surface area (Å²) in [6.07, 6.45) is -6.18. The number of halogens is 3. The van der Waals surface area contributed by atoms with Gasteiger partial charge in [0, 0.05) is 6.54 Å². The van der Waals surface area contributed by atoms with Crippen LogP contribution >= 0.6 is 0 Å². The Morgan fingerprint density at radius 2 is 2.00 bits per heavy atom. The van der Waals surface area contributed by atoms with Crippen molar-refractivity contribution in [3.63, 3.8) is 0 Å². The number of amides is 1. The van der Waals surface area contributed by atoms with Gasteiger partial charge in [-0.1, -0.05) is 12.1 Å². The van der Waals surface area contributed by atoms with Crippen LogP contribution in [0.3, 0.4) is 0 Å². The molecule has 0 radical (unpaired) electrons. The number of hydrogen-bond donors (Lipinski definition) is 1. The molecule has 0 aromatic heterocycles. The Hall–Kier alpha value is -2.05. The van der Waals surface area contributed by atoms with Crippen LogP contribution in [0.25, 0.3) is 0 Å². The second kappa shape index (κ2) is 6.21. The van der Waals surface area contributed by atoms with Crippen LogP contribution < -0.4 is 10.1 Å². The summed E-state index contributed by atoms with van der Waals surface area (Å²) in [5, 5.41) is 2.24. The van der Waals surface area contributed by atoms with Gasteiger partial charge in [-0.25, -0.2) is 0 Å². The summed E-state index contributed by atoms with van der Waals surface area (Å²) in [4.78, 5) is 21.7. The fourth-order valence-corrected chi connectivity index (χ4v) is 1.29. The van der Waals surface area contributed by atoms with Crippen LogP contribution in [0.2, 0.25) is 0 Å². The molecular formula is C12H12F3NO3. The van der Waals surface area contributed by atoms with Crippen LogP contribution in [0.5, 0.6) is 5.75 Å². The van der Waals surface area contributed by atoms with Crippen LogP contribution in [0, 0.1) is 0 Å². The average Bonchev–Trinajstić information content (AvgIpc) is 2.35. The van der Waals surface area contributed by atoms with Crippen molar-refractivity contribution in [3.8, 4) is 5.75 Å². The molecule has 0 aliphatic rings. The van der Waals surface area contributed by atoms with Gasteiger partial charge in [-0.05, 0) is 17.7 Å². The maximum atomic E-state index is 11.9. The maximum absolute atomic E-state index is 11.9. The van der Waals surface area contributed by atoms with Crippen LogP contribution in [0.15, 0.2) is 24.3 Å². The monoisotopic (exact) mass is 275 g/mol. The molecule has 0 bridgehead atoms. The van der Waals surface area contributed by atoms with E-state index in [2.05, 4.69) is 5.32 Å². The topological polar surface area (TPSA) is 55.4 Å². The third-order valence-corrected chi connectivity index (χ3v) is 2.26. The van der Waals surface area contributed by atoms with Crippen molar-refractivity contribution >= 4 is 11.7 Å². The number of Topliss-reactive ketones (excluding diaryl/α,β-unsaturated/α-hetero) is 1. The molecule has 1 aromatic rings. The Morgan fingerprint density at radius 1 is 1.32 bits per heavy atom. The second-order valence-electron chi connectivity index (χ2n) is 3.73. The lowest BCUT2D eigenvalue weighted by Gasteiger charge is -2.07. The Kier molecular flexibility index (Phi) is 4.91. The Balaban J connectivity index is 2.48. The summed E-state index contributed by atoms with van der Waals surface area (Å²) in [6.45, 7) is 0.0289. The third-order valence-electron chi connectivity index (χ3n) is 2.26. The summed E-state index contributed by atoms with van der Waals surface area (Å²) in [5.74, 6) is -2.46. The SMILES string of the molecule is COc1cccc(CNC(=O)CC(=O)C(F)(F)F)c1. The largest absolute Gasteiger partial charge is 0.497 e. The van der Waals surface area contributed by atoms with Gasteiger partial charge >= 0.3 is 6.18 Å². The van der Waals surface area contributed by atoms with Crippen molar-refractivity contribution in [1.82, 2.24) is 5.32 Å². The number of alkyl halides is 3. The van der Waals surface area contributed by atoms with E-state index in [9.17, 15) is 22.8 Å². The Labute approximate surface area is 107 Å². The molecule has 4 nitrogen and oxygen atoms in total. The lowest BCUT2D eigenvalue weighted by Crippen LogP contribution is -2.31. The first-order valence-corrected chi connectivity index (χ1v) is 5.32. The van der Waals surface area contributed by atoms with Crippen LogP contribution in [-0.4, -0.2) is 25.0 Å². The molecule has 0 aliphatic carbocycles. The number of methoxy groups -OCH3 is 1. The number of nitrogens with one attached hydrogen (secondary N) is 1. The fraction of sp³-hybridized carbons (Fsp3) is 0.333. The van der Waals surface area contributed by atoms with Crippen molar-refractivity contribution in [2.75, 3.05) is 7.11 Å². The molecule has 1 amide bonds. The number of carbonyl (C=O) groups excluding carboxylic acids is 2. The molecule has 0 heterocycles. The van der Waals surface area contributed by atoms with Gasteiger partial charge in [0.05, 0.1) is 13.5 Å². The molecule has 0 saturated carbocycles. The number of benzene rings is 1. The van der Waals surface area contributed by atoms with Crippen molar-refractivity contribution in [1.29, 1.82) is 0 Å². The van der Waals surface area contributed by atoms with Crippen LogP contribution in [0.1, 0.15) is 12.0 Å². The summed E-state index contributed by atoms with van der Waals surface area (Å²) in [5.41, 5.74) is 0.659. The van der Waals surface area contributed by atoms with Crippen LogP contribution in [-0.2, 0) is 16.1 Å². The molecule has 7 heteroatoms. The number of hydrogen-bond acceptors (Lipinski definition) is 3. The van der Waals surface area contributed by atoms with Gasteiger partial charge in [-0.15, -0.1) is 0 Å². The number of ether oxygens (including phenoxy) is 1. The standard InChI is InChI=1S/C12H12F3NO3/c1-19-9-4-2-3-8(5-9)7-16-11(18)6-10(17)12(13,14)15/h2-5H,6-7H2,1H3,(H,16,18). The molecule has 0 aliphatic heterocycles. The zero-order chi connectivity index (χ0) is 14.5. The Morgan fingerprint density at radius 3 is 2.58 bits per heavy atom. The van der Waals surface area contributed by atoms with Crippen molar-refractivity contribution in [2.24, 2.45) is 0 Å². The predicted molar refractivity (Wildman–Crippen MR) is 60.5 cm³/mol. The first kappa shape index (κ1) is 15.0. The van der Waals surface area contributed by atoms with E-state index in [4.69, 9.17) is 4.74 Å². The van der Waals surface area contributed by atoms with E-state index in [0.29, 0.717) is 11.3 Å². The average molecular weight is 275 g/mol. The molecule has 1 rings (SSSR count). The third kappa shape index (κ3) is 4.99. The number of rotatable bonds is 5. The highest BCUT2D eigenvalue weighted by molar-refractivity contribution is 6.00. The lowest BCUT2D eigenvalue weighted by atomic mass is 10.2. The Bertz CT molecular complexity index is 472. The molecule has 1 N–H and O–H groups in total. The minimum absolute atomic E-state index is 0.0289. The zero-order valence-corrected chi connectivity index (χ0v) is 10.1. The molecular weight excluding hydrogens is 263 g/mol. The molecule has 0 unspecified atom stereocenters. The van der Waals surface area contributed by atoms with Gasteiger partial charge in [-0.2, -0.15) is 13.2 Å². The van der Waals surface area contributed by atoms with Gasteiger partial charge in [-0.3, -0.25) is 9.59 Å². The molecule has 0 saturated heterocycles. The van der Waals surface area contributed by atoms with E-state index in [1.54, 1.807) is 24.3 Å². The van der Waals surface area contributed by atoms with E-state index in [1.807, 2.05) is 0 Å². The molecule has 1 aromatic carbocycles. The summed E-state index contributed by atoms with van der Waals surface area (Å²) >= 11 is 0. The molecule has 0 atom stereocenters. The highest BCUT2D eigenvalue weighted by atomic mass is 19.4. The van der Waals surface area contributed by atoms with E-state index >= 15 is 0 Å². The van der Waals surface area contributed by atoms with Gasteiger partial charge in [0.1, 0.15) is 5.75 Å². The maximum Gasteiger partial charge on any atom is 0.450 e. The quantitative estimate of drug-likeness (QED) is 0.834. The van der Waals surface area contributed by atoms with Gasteiger partial charge in [0.25, 0.3) is 0 Å². The minimum Gasteiger partial charge on any atom is -0.497 e. The van der Waals surface area contributed by atoms with Gasteiger partial charge in [0.2, 0.25) is 11.7 Å². The van der Waals surface area contributed by atoms with E-state index in [0.717, 1.165) is 0 Å². The smallest absolute Gasteiger partial charge is 0.450 e. The van der Waals surface area contributed by atoms with Crippen LogP contribution in [0.4, 0.5) is 13.2 Å². The van der Waals surface area contributed by atoms with E-state index < -0.39 is 24.3 Å². The fourth-order valence-electron chi connectivity index (χ4n) is 1.29. The van der Waals surface area contributed by atoms with Crippen molar-refractivity contribution in [2.45, 2.75) is 19.1 Å². The first-order chi connectivity index (χ1) is 8.82. The van der Waals surface area contributed by atoms with Gasteiger partial charge < -0.3 is 10.1 Å². The highest BCUT2D eigenvalue weighted by Crippen LogP contribution is 2.17. The molecule has 0 fully saturated rings. The second-order valence-corrected chi connectivity index (χ2v) is 3.73. The zero-order valence-electron chi connectivity index (χ0n) is 10.1. The number of carbonyl (C=O) groups is 2. The highest BCUT2D eigenvalue weighted by Gasteiger charge is 2.39. The van der Waals surface area contributed by atoms with Gasteiger partial charge in [0.15, 0.2) is 0 Å². The normalized spacial score (nSPS) is 10.9. The first-order valence-electron chi connectivity index (χ1n) is 5.32. The lowest BCUT2D eigenvalue weighted by molar-refractivity contribution is -0.172. The van der Waals surface area contributed by atoms with Crippen molar-refractivity contribution < 1.29 is 27.5 Å². The summed E-state index contributed by atoms with van der Waals surface area (Å²) in [6, 6.07) is 6.68. The predicted octanol–water partition coefficient (Wildman–Crippen LogP) is 1.83. The summed E-state index contributed by atoms with van der Waals surface area (Å²) < 4.78 is 40.7. The minimum atomic E-state index is -4.98. The summed E-state index contributed by atoms with van der Waals surface area (Å²) in [7, 11) is 1.47. The molecule has 104 valence electrons. The van der Waals surface area contributed by atoms with Crippen molar-refractivity contribution in [3.05, 3.63) is 29.8 Å². The number of ketones is 1. The van der Waals surface area contributed by atoms with E-state index in [1.165, 1.54) is 7.11 Å². The molecule has 19 heavy (non-hydrogen) atoms. The molecule has 0 spiro atoms. The van der Waals surface area contributed by atoms with E-state index in [-0.39, 0.29) is 6.54 Å².